The van der Waals surface area contributed by atoms with Crippen molar-refractivity contribution >= 4 is 57.6 Å². The average Bonchev–Trinajstić information content (AvgIpc) is 2.92. The lowest BCUT2D eigenvalue weighted by atomic mass is 10.1. The Balaban J connectivity index is 1.68. The number of nitro groups is 1. The summed E-state index contributed by atoms with van der Waals surface area (Å²) in [4.78, 5) is 36.3. The van der Waals surface area contributed by atoms with Crippen LogP contribution in [0.5, 0.6) is 11.5 Å². The number of carbonyl (C=O) groups is 2. The van der Waals surface area contributed by atoms with Crippen LogP contribution < -0.4 is 5.32 Å². The molecule has 1 aliphatic heterocycles. The van der Waals surface area contributed by atoms with Crippen LogP contribution in [-0.4, -0.2) is 42.7 Å². The number of hydrogen-bond donors (Lipinski definition) is 3. The Morgan fingerprint density at radius 1 is 1.24 bits per heavy atom. The van der Waals surface area contributed by atoms with E-state index in [9.17, 15) is 29.9 Å². The molecule has 9 nitrogen and oxygen atoms in total. The quantitative estimate of drug-likeness (QED) is 0.285. The van der Waals surface area contributed by atoms with E-state index in [4.69, 9.17) is 12.2 Å². The first-order chi connectivity index (χ1) is 13.7. The van der Waals surface area contributed by atoms with Gasteiger partial charge in [-0.15, -0.1) is 0 Å². The minimum Gasteiger partial charge on any atom is -0.508 e. The molecule has 11 heteroatoms. The third kappa shape index (κ3) is 4.70. The van der Waals surface area contributed by atoms with E-state index in [1.165, 1.54) is 42.5 Å². The lowest BCUT2D eigenvalue weighted by molar-refractivity contribution is -0.384. The Morgan fingerprint density at radius 3 is 2.55 bits per heavy atom. The number of nitro benzene ring substituents is 1. The summed E-state index contributed by atoms with van der Waals surface area (Å²) in [5.74, 6) is -1.34. The Bertz CT molecular complexity index is 1050. The van der Waals surface area contributed by atoms with Crippen molar-refractivity contribution in [2.45, 2.75) is 0 Å². The first-order valence-corrected chi connectivity index (χ1v) is 9.29. The van der Waals surface area contributed by atoms with Gasteiger partial charge in [-0.1, -0.05) is 24.0 Å². The van der Waals surface area contributed by atoms with Crippen LogP contribution in [0.25, 0.3) is 6.08 Å². The molecule has 0 spiro atoms. The third-order valence-electron chi connectivity index (χ3n) is 3.84. The molecule has 0 aromatic heterocycles. The fourth-order valence-corrected chi connectivity index (χ4v) is 3.69. The van der Waals surface area contributed by atoms with Crippen LogP contribution >= 0.6 is 24.0 Å². The molecule has 0 radical (unpaired) electrons. The zero-order valence-corrected chi connectivity index (χ0v) is 16.2. The number of anilines is 1. The zero-order chi connectivity index (χ0) is 21.1. The molecule has 0 saturated carbocycles. The predicted octanol–water partition coefficient (Wildman–Crippen LogP) is 2.85. The summed E-state index contributed by atoms with van der Waals surface area (Å²) in [6.45, 7) is -0.333. The van der Waals surface area contributed by atoms with E-state index < -0.39 is 16.7 Å². The zero-order valence-electron chi connectivity index (χ0n) is 14.6. The predicted molar refractivity (Wildman–Crippen MR) is 111 cm³/mol. The number of rotatable bonds is 5. The smallest absolute Gasteiger partial charge is 0.269 e. The van der Waals surface area contributed by atoms with Crippen molar-refractivity contribution in [1.82, 2.24) is 4.90 Å². The molecule has 2 aromatic rings. The molecular formula is C18H13N3O6S2. The number of nitrogens with one attached hydrogen (secondary N) is 1. The van der Waals surface area contributed by atoms with Crippen molar-refractivity contribution in [3.8, 4) is 11.5 Å². The van der Waals surface area contributed by atoms with E-state index in [1.54, 1.807) is 0 Å². The Morgan fingerprint density at radius 2 is 1.93 bits per heavy atom. The van der Waals surface area contributed by atoms with Crippen LogP contribution in [0.15, 0.2) is 47.4 Å². The second-order valence-corrected chi connectivity index (χ2v) is 7.54. The van der Waals surface area contributed by atoms with Gasteiger partial charge in [0.25, 0.3) is 11.6 Å². The van der Waals surface area contributed by atoms with Gasteiger partial charge < -0.3 is 15.5 Å². The molecule has 3 rings (SSSR count). The van der Waals surface area contributed by atoms with Gasteiger partial charge in [0.05, 0.1) is 9.83 Å². The topological polar surface area (TPSA) is 133 Å². The maximum Gasteiger partial charge on any atom is 0.269 e. The van der Waals surface area contributed by atoms with E-state index in [-0.39, 0.29) is 33.0 Å². The highest BCUT2D eigenvalue weighted by Gasteiger charge is 2.33. The van der Waals surface area contributed by atoms with E-state index in [0.29, 0.717) is 11.3 Å². The number of non-ortho nitro benzene ring substituents is 1. The fourth-order valence-electron chi connectivity index (χ4n) is 2.44. The van der Waals surface area contributed by atoms with Crippen molar-refractivity contribution in [2.24, 2.45) is 0 Å². The average molecular weight is 431 g/mol. The summed E-state index contributed by atoms with van der Waals surface area (Å²) in [5.41, 5.74) is 0.553. The minimum atomic E-state index is -0.552. The molecule has 0 atom stereocenters. The summed E-state index contributed by atoms with van der Waals surface area (Å²) in [7, 11) is 0. The van der Waals surface area contributed by atoms with Gasteiger partial charge in [-0.2, -0.15) is 0 Å². The summed E-state index contributed by atoms with van der Waals surface area (Å²) >= 11 is 6.15. The van der Waals surface area contributed by atoms with Gasteiger partial charge in [0.15, 0.2) is 0 Å². The summed E-state index contributed by atoms with van der Waals surface area (Å²) in [6, 6.07) is 9.22. The second-order valence-electron chi connectivity index (χ2n) is 5.86. The van der Waals surface area contributed by atoms with E-state index >= 15 is 0 Å². The largest absolute Gasteiger partial charge is 0.508 e. The highest BCUT2D eigenvalue weighted by molar-refractivity contribution is 8.26. The Labute approximate surface area is 173 Å². The number of thioether (sulfide) groups is 1. The molecule has 2 aromatic carbocycles. The highest BCUT2D eigenvalue weighted by atomic mass is 32.2. The van der Waals surface area contributed by atoms with Crippen LogP contribution in [0.2, 0.25) is 0 Å². The molecule has 29 heavy (non-hydrogen) atoms. The maximum absolute atomic E-state index is 12.6. The number of nitrogens with zero attached hydrogens (tertiary/aromatic N) is 2. The Hall–Kier alpha value is -3.44. The lowest BCUT2D eigenvalue weighted by Gasteiger charge is -2.14. The van der Waals surface area contributed by atoms with Gasteiger partial charge in [-0.3, -0.25) is 24.6 Å². The first kappa shape index (κ1) is 20.3. The summed E-state index contributed by atoms with van der Waals surface area (Å²) < 4.78 is 0.179. The van der Waals surface area contributed by atoms with Gasteiger partial charge >= 0.3 is 0 Å². The van der Waals surface area contributed by atoms with Crippen molar-refractivity contribution in [2.75, 3.05) is 11.9 Å². The molecule has 0 unspecified atom stereocenters. The molecule has 148 valence electrons. The number of phenolic OH excluding ortho intramolecular Hbond substituents is 2. The van der Waals surface area contributed by atoms with Gasteiger partial charge in [0.1, 0.15) is 22.4 Å². The van der Waals surface area contributed by atoms with E-state index in [2.05, 4.69) is 5.32 Å². The van der Waals surface area contributed by atoms with E-state index in [0.717, 1.165) is 22.7 Å². The molecule has 1 heterocycles. The van der Waals surface area contributed by atoms with Crippen molar-refractivity contribution in [3.63, 3.8) is 0 Å². The van der Waals surface area contributed by atoms with Crippen LogP contribution in [0.4, 0.5) is 11.4 Å². The summed E-state index contributed by atoms with van der Waals surface area (Å²) in [5, 5.41) is 32.4. The number of phenols is 2. The standard InChI is InChI=1S/C18H13N3O6S2/c22-13-6-1-10(14(23)8-13)7-15-17(25)20(18(28)29-15)9-16(24)19-11-2-4-12(5-3-11)21(26)27/h1-8,22-23H,9H2,(H,19,24)/b15-7-. The second kappa shape index (κ2) is 8.29. The molecular weight excluding hydrogens is 418 g/mol. The number of aromatic hydroxyl groups is 2. The monoisotopic (exact) mass is 431 g/mol. The van der Waals surface area contributed by atoms with Crippen molar-refractivity contribution in [1.29, 1.82) is 0 Å². The van der Waals surface area contributed by atoms with Crippen molar-refractivity contribution in [3.05, 3.63) is 63.0 Å². The highest BCUT2D eigenvalue weighted by Crippen LogP contribution is 2.34. The molecule has 2 amide bonds. The fraction of sp³-hybridized carbons (Fsp3) is 0.0556. The Kier molecular flexibility index (Phi) is 5.80. The first-order valence-electron chi connectivity index (χ1n) is 8.06. The van der Waals surface area contributed by atoms with Gasteiger partial charge in [0, 0.05) is 29.4 Å². The van der Waals surface area contributed by atoms with Crippen LogP contribution in [-0.2, 0) is 9.59 Å². The van der Waals surface area contributed by atoms with Crippen molar-refractivity contribution < 1.29 is 24.7 Å². The maximum atomic E-state index is 12.6. The molecule has 1 fully saturated rings. The summed E-state index contributed by atoms with van der Waals surface area (Å²) in [6.07, 6.45) is 1.42. The van der Waals surface area contributed by atoms with Gasteiger partial charge in [0.2, 0.25) is 5.91 Å². The molecule has 1 aliphatic rings. The van der Waals surface area contributed by atoms with Crippen LogP contribution in [0.1, 0.15) is 5.56 Å². The molecule has 0 aliphatic carbocycles. The molecule has 0 bridgehead atoms. The van der Waals surface area contributed by atoms with E-state index in [1.807, 2.05) is 0 Å². The van der Waals surface area contributed by atoms with Gasteiger partial charge in [-0.05, 0) is 30.3 Å². The molecule has 1 saturated heterocycles. The van der Waals surface area contributed by atoms with Gasteiger partial charge in [-0.25, -0.2) is 0 Å². The van der Waals surface area contributed by atoms with Crippen LogP contribution in [0.3, 0.4) is 0 Å². The normalized spacial score (nSPS) is 15.0. The minimum absolute atomic E-state index is 0.109. The number of carbonyl (C=O) groups excluding carboxylic acids is 2. The number of thiocarbonyl (C=S) groups is 1. The number of amides is 2. The molecule has 3 N–H and O–H groups in total. The number of benzene rings is 2. The SMILES string of the molecule is O=C(CN1C(=O)/C(=C/c2ccc(O)cc2O)SC1=S)Nc1ccc([N+](=O)[O-])cc1. The lowest BCUT2D eigenvalue weighted by Crippen LogP contribution is -2.36. The number of hydrogen-bond acceptors (Lipinski definition) is 8. The van der Waals surface area contributed by atoms with Crippen LogP contribution in [0, 0.1) is 10.1 Å². The third-order valence-corrected chi connectivity index (χ3v) is 5.22.